The third-order valence-corrected chi connectivity index (χ3v) is 4.22. The Morgan fingerprint density at radius 1 is 1.00 bits per heavy atom. The molecule has 0 radical (unpaired) electrons. The highest BCUT2D eigenvalue weighted by Crippen LogP contribution is 2.30. The zero-order valence-corrected chi connectivity index (χ0v) is 16.9. The zero-order chi connectivity index (χ0) is 22.9. The van der Waals surface area contributed by atoms with Gasteiger partial charge in [-0.15, -0.1) is 0 Å². The fourth-order valence-corrected chi connectivity index (χ4v) is 2.50. The van der Waals surface area contributed by atoms with Crippen LogP contribution >= 0.6 is 0 Å². The van der Waals surface area contributed by atoms with Crippen LogP contribution in [0.1, 0.15) is 24.5 Å². The van der Waals surface area contributed by atoms with Crippen LogP contribution in [0, 0.1) is 0 Å². The van der Waals surface area contributed by atoms with E-state index in [0.29, 0.717) is 18.6 Å². The van der Waals surface area contributed by atoms with E-state index in [0.717, 1.165) is 29.8 Å². The summed E-state index contributed by atoms with van der Waals surface area (Å²) in [6.07, 6.45) is -4.37. The molecule has 0 aliphatic carbocycles. The van der Waals surface area contributed by atoms with Gasteiger partial charge in [-0.25, -0.2) is 0 Å². The molecule has 2 rings (SSSR count). The molecule has 1 amide bonds. The number of amides is 1. The van der Waals surface area contributed by atoms with Crippen LogP contribution in [0.5, 0.6) is 11.5 Å². The van der Waals surface area contributed by atoms with E-state index in [4.69, 9.17) is 9.47 Å². The summed E-state index contributed by atoms with van der Waals surface area (Å²) in [5.74, 6) is 0.333. The first kappa shape index (κ1) is 24.2. The molecule has 0 heterocycles. The number of ether oxygens (including phenoxy) is 2. The molecular formula is C22H24F3NO5. The maximum absolute atomic E-state index is 12.5. The van der Waals surface area contributed by atoms with Gasteiger partial charge in [-0.3, -0.25) is 4.79 Å². The average molecular weight is 439 g/mol. The number of aliphatic hydroxyl groups is 1. The predicted molar refractivity (Wildman–Crippen MR) is 107 cm³/mol. The van der Waals surface area contributed by atoms with Crippen LogP contribution in [0.15, 0.2) is 48.5 Å². The topological polar surface area (TPSA) is 84.9 Å². The number of hydrogen-bond donors (Lipinski definition) is 2. The van der Waals surface area contributed by atoms with Crippen molar-refractivity contribution >= 4 is 11.7 Å². The molecule has 0 aromatic heterocycles. The Kier molecular flexibility index (Phi) is 8.87. The number of alkyl halides is 3. The van der Waals surface area contributed by atoms with Gasteiger partial charge in [-0.2, -0.15) is 13.2 Å². The lowest BCUT2D eigenvalue weighted by atomic mass is 10.1. The van der Waals surface area contributed by atoms with Crippen LogP contribution in [0.3, 0.4) is 0 Å². The van der Waals surface area contributed by atoms with Gasteiger partial charge >= 0.3 is 6.18 Å². The van der Waals surface area contributed by atoms with Crippen LogP contribution in [-0.2, 0) is 22.2 Å². The second-order valence-electron chi connectivity index (χ2n) is 6.93. The number of benzene rings is 2. The highest BCUT2D eigenvalue weighted by Gasteiger charge is 2.30. The highest BCUT2D eigenvalue weighted by atomic mass is 19.4. The van der Waals surface area contributed by atoms with Crippen molar-refractivity contribution in [3.05, 3.63) is 59.7 Å². The number of carbonyl (C=O) groups excluding carboxylic acids is 2. The molecule has 0 fully saturated rings. The van der Waals surface area contributed by atoms with E-state index < -0.39 is 23.8 Å². The van der Waals surface area contributed by atoms with Gasteiger partial charge in [0.1, 0.15) is 30.0 Å². The van der Waals surface area contributed by atoms with E-state index >= 15 is 0 Å². The van der Waals surface area contributed by atoms with Gasteiger partial charge in [0.25, 0.3) is 5.91 Å². The van der Waals surface area contributed by atoms with Crippen molar-refractivity contribution in [3.8, 4) is 11.5 Å². The average Bonchev–Trinajstić information content (AvgIpc) is 2.73. The van der Waals surface area contributed by atoms with Gasteiger partial charge in [0.05, 0.1) is 5.56 Å². The molecule has 0 saturated carbocycles. The lowest BCUT2D eigenvalue weighted by molar-refractivity contribution is -0.137. The van der Waals surface area contributed by atoms with E-state index in [1.165, 1.54) is 6.92 Å². The van der Waals surface area contributed by atoms with E-state index in [9.17, 15) is 27.9 Å². The van der Waals surface area contributed by atoms with Gasteiger partial charge in [-0.05, 0) is 55.3 Å². The Hall–Kier alpha value is -3.07. The molecule has 0 aliphatic heterocycles. The summed E-state index contributed by atoms with van der Waals surface area (Å²) in [5, 5.41) is 12.3. The molecule has 2 aromatic rings. The van der Waals surface area contributed by atoms with Crippen LogP contribution in [-0.4, -0.2) is 42.7 Å². The number of halogens is 3. The second kappa shape index (κ2) is 11.4. The Balaban J connectivity index is 1.66. The molecule has 31 heavy (non-hydrogen) atoms. The van der Waals surface area contributed by atoms with E-state index in [-0.39, 0.29) is 31.3 Å². The van der Waals surface area contributed by atoms with Gasteiger partial charge in [0.15, 0.2) is 6.61 Å². The van der Waals surface area contributed by atoms with Crippen LogP contribution in [0.2, 0.25) is 0 Å². The van der Waals surface area contributed by atoms with Crippen molar-refractivity contribution in [2.24, 2.45) is 0 Å². The lowest BCUT2D eigenvalue weighted by Crippen LogP contribution is -2.37. The Labute approximate surface area is 178 Å². The van der Waals surface area contributed by atoms with Gasteiger partial charge in [-0.1, -0.05) is 12.1 Å². The molecule has 9 heteroatoms. The molecule has 168 valence electrons. The first-order chi connectivity index (χ1) is 14.6. The maximum atomic E-state index is 12.5. The first-order valence-electron chi connectivity index (χ1n) is 9.59. The predicted octanol–water partition coefficient (Wildman–Crippen LogP) is 3.16. The van der Waals surface area contributed by atoms with E-state index in [1.54, 1.807) is 12.1 Å². The quantitative estimate of drug-likeness (QED) is 0.562. The molecule has 1 atom stereocenters. The first-order valence-corrected chi connectivity index (χ1v) is 9.59. The summed E-state index contributed by atoms with van der Waals surface area (Å²) in [7, 11) is 0. The summed E-state index contributed by atoms with van der Waals surface area (Å²) >= 11 is 0. The van der Waals surface area contributed by atoms with Crippen molar-refractivity contribution in [1.29, 1.82) is 0 Å². The van der Waals surface area contributed by atoms with Crippen LogP contribution in [0.25, 0.3) is 0 Å². The van der Waals surface area contributed by atoms with E-state index in [1.807, 2.05) is 12.1 Å². The summed E-state index contributed by atoms with van der Waals surface area (Å²) in [6.45, 7) is 0.980. The molecule has 0 aliphatic rings. The third-order valence-electron chi connectivity index (χ3n) is 4.22. The normalized spacial score (nSPS) is 12.2. The van der Waals surface area contributed by atoms with Crippen molar-refractivity contribution in [2.45, 2.75) is 32.0 Å². The lowest BCUT2D eigenvalue weighted by Gasteiger charge is -2.14. The Morgan fingerprint density at radius 2 is 1.58 bits per heavy atom. The fraction of sp³-hybridized carbons (Fsp3) is 0.364. The molecule has 0 saturated heterocycles. The van der Waals surface area contributed by atoms with Crippen molar-refractivity contribution in [1.82, 2.24) is 5.32 Å². The molecule has 0 spiro atoms. The minimum atomic E-state index is -4.43. The smallest absolute Gasteiger partial charge is 0.416 e. The molecular weight excluding hydrogens is 415 g/mol. The second-order valence-corrected chi connectivity index (χ2v) is 6.93. The van der Waals surface area contributed by atoms with Crippen LogP contribution in [0.4, 0.5) is 13.2 Å². The Bertz CT molecular complexity index is 851. The number of carbonyl (C=O) groups is 2. The number of ketones is 1. The number of aryl methyl sites for hydroxylation is 1. The molecule has 2 aromatic carbocycles. The number of rotatable bonds is 11. The number of Topliss-reactive ketones (excluding diaryl/α,β-unsaturated/α-hetero) is 1. The summed E-state index contributed by atoms with van der Waals surface area (Å²) in [5.41, 5.74) is 0.196. The number of nitrogens with one attached hydrogen (secondary N) is 1. The standard InChI is InChI=1S/C22H24F3NO5/c1-15(27)2-3-16-4-8-19(9-5-16)31-14-21(29)26-12-18(28)13-30-20-10-6-17(7-11-20)22(23,24)25/h4-11,18,28H,2-3,12-14H2,1H3,(H,26,29). The molecule has 6 nitrogen and oxygen atoms in total. The maximum Gasteiger partial charge on any atom is 0.416 e. The summed E-state index contributed by atoms with van der Waals surface area (Å²) in [4.78, 5) is 22.8. The van der Waals surface area contributed by atoms with Gasteiger partial charge < -0.3 is 24.7 Å². The monoisotopic (exact) mass is 439 g/mol. The van der Waals surface area contributed by atoms with E-state index in [2.05, 4.69) is 5.32 Å². The number of hydrogen-bond acceptors (Lipinski definition) is 5. The SMILES string of the molecule is CC(=O)CCc1ccc(OCC(=O)NCC(O)COc2ccc(C(F)(F)F)cc2)cc1. The molecule has 0 bridgehead atoms. The summed E-state index contributed by atoms with van der Waals surface area (Å²) in [6, 6.07) is 11.1. The number of aliphatic hydroxyl groups excluding tert-OH is 1. The van der Waals surface area contributed by atoms with Gasteiger partial charge in [0, 0.05) is 13.0 Å². The van der Waals surface area contributed by atoms with Crippen molar-refractivity contribution in [2.75, 3.05) is 19.8 Å². The molecule has 1 unspecified atom stereocenters. The molecule has 2 N–H and O–H groups in total. The largest absolute Gasteiger partial charge is 0.491 e. The van der Waals surface area contributed by atoms with Crippen LogP contribution < -0.4 is 14.8 Å². The third kappa shape index (κ3) is 9.08. The van der Waals surface area contributed by atoms with Crippen molar-refractivity contribution in [3.63, 3.8) is 0 Å². The van der Waals surface area contributed by atoms with Crippen molar-refractivity contribution < 1.29 is 37.3 Å². The fourth-order valence-electron chi connectivity index (χ4n) is 2.50. The Morgan fingerprint density at radius 3 is 2.16 bits per heavy atom. The zero-order valence-electron chi connectivity index (χ0n) is 16.9. The minimum absolute atomic E-state index is 0.104. The van der Waals surface area contributed by atoms with Gasteiger partial charge in [0.2, 0.25) is 0 Å². The minimum Gasteiger partial charge on any atom is -0.491 e. The highest BCUT2D eigenvalue weighted by molar-refractivity contribution is 5.77. The summed E-state index contributed by atoms with van der Waals surface area (Å²) < 4.78 is 48.1.